The number of rotatable bonds is 4. The van der Waals surface area contributed by atoms with Gasteiger partial charge in [0.25, 0.3) is 0 Å². The van der Waals surface area contributed by atoms with Crippen molar-refractivity contribution in [1.82, 2.24) is 0 Å². The number of aryl methyl sites for hydroxylation is 1. The molecule has 0 bridgehead atoms. The van der Waals surface area contributed by atoms with Crippen molar-refractivity contribution in [2.75, 3.05) is 0 Å². The maximum absolute atomic E-state index is 6.00. The molecule has 0 heterocycles. The third-order valence-electron chi connectivity index (χ3n) is 3.04. The van der Waals surface area contributed by atoms with Crippen LogP contribution >= 0.6 is 23.2 Å². The molecule has 0 spiro atoms. The van der Waals surface area contributed by atoms with Crippen molar-refractivity contribution in [3.63, 3.8) is 0 Å². The van der Waals surface area contributed by atoms with Crippen molar-refractivity contribution in [2.24, 2.45) is 5.73 Å². The molecule has 0 amide bonds. The molecular weight excluding hydrogens is 293 g/mol. The number of hydrogen-bond acceptors (Lipinski definition) is 2. The van der Waals surface area contributed by atoms with Gasteiger partial charge in [0.15, 0.2) is 0 Å². The van der Waals surface area contributed by atoms with E-state index in [1.54, 1.807) is 6.07 Å². The summed E-state index contributed by atoms with van der Waals surface area (Å²) in [5.41, 5.74) is 9.06. The molecule has 0 aromatic heterocycles. The molecule has 2 aromatic carbocycles. The monoisotopic (exact) mass is 309 g/mol. The molecule has 1 atom stereocenters. The van der Waals surface area contributed by atoms with Crippen molar-refractivity contribution in [3.8, 4) is 5.75 Å². The lowest BCUT2D eigenvalue weighted by atomic mass is 10.1. The van der Waals surface area contributed by atoms with Crippen molar-refractivity contribution >= 4 is 23.2 Å². The van der Waals surface area contributed by atoms with E-state index >= 15 is 0 Å². The van der Waals surface area contributed by atoms with E-state index in [-0.39, 0.29) is 6.04 Å². The van der Waals surface area contributed by atoms with Gasteiger partial charge in [-0.25, -0.2) is 0 Å². The molecule has 20 heavy (non-hydrogen) atoms. The van der Waals surface area contributed by atoms with Crippen LogP contribution in [-0.2, 0) is 6.61 Å². The Kier molecular flexibility index (Phi) is 4.92. The number of ether oxygens (including phenoxy) is 1. The van der Waals surface area contributed by atoms with E-state index in [9.17, 15) is 0 Å². The fourth-order valence-electron chi connectivity index (χ4n) is 1.93. The van der Waals surface area contributed by atoms with Gasteiger partial charge >= 0.3 is 0 Å². The van der Waals surface area contributed by atoms with Crippen molar-refractivity contribution in [3.05, 3.63) is 63.1 Å². The van der Waals surface area contributed by atoms with Crippen LogP contribution in [0.25, 0.3) is 0 Å². The van der Waals surface area contributed by atoms with Crippen LogP contribution in [0, 0.1) is 6.92 Å². The zero-order valence-corrected chi connectivity index (χ0v) is 13.0. The van der Waals surface area contributed by atoms with E-state index < -0.39 is 0 Å². The van der Waals surface area contributed by atoms with E-state index in [4.69, 9.17) is 33.7 Å². The SMILES string of the molecule is Cc1ccc([C@@H](C)N)c(OCc2ccc(Cl)c(Cl)c2)c1. The van der Waals surface area contributed by atoms with Crippen molar-refractivity contribution < 1.29 is 4.74 Å². The highest BCUT2D eigenvalue weighted by Crippen LogP contribution is 2.27. The molecule has 0 aliphatic carbocycles. The van der Waals surface area contributed by atoms with E-state index in [2.05, 4.69) is 0 Å². The van der Waals surface area contributed by atoms with Crippen LogP contribution in [0.4, 0.5) is 0 Å². The minimum absolute atomic E-state index is 0.0700. The molecule has 106 valence electrons. The summed E-state index contributed by atoms with van der Waals surface area (Å²) in [6, 6.07) is 11.4. The van der Waals surface area contributed by atoms with Gasteiger partial charge in [0.05, 0.1) is 10.0 Å². The number of nitrogens with two attached hydrogens (primary N) is 1. The summed E-state index contributed by atoms with van der Waals surface area (Å²) in [7, 11) is 0. The van der Waals surface area contributed by atoms with Crippen molar-refractivity contribution in [1.29, 1.82) is 0 Å². The van der Waals surface area contributed by atoms with Gasteiger partial charge in [0, 0.05) is 11.6 Å². The fraction of sp³-hybridized carbons (Fsp3) is 0.250. The van der Waals surface area contributed by atoms with Crippen molar-refractivity contribution in [2.45, 2.75) is 26.5 Å². The predicted molar refractivity (Wildman–Crippen MR) is 84.6 cm³/mol. The average molecular weight is 310 g/mol. The van der Waals surface area contributed by atoms with Crippen LogP contribution in [0.3, 0.4) is 0 Å². The van der Waals surface area contributed by atoms with Crippen LogP contribution < -0.4 is 10.5 Å². The molecule has 0 radical (unpaired) electrons. The van der Waals surface area contributed by atoms with Gasteiger partial charge in [-0.3, -0.25) is 0 Å². The van der Waals surface area contributed by atoms with Crippen LogP contribution in [-0.4, -0.2) is 0 Å². The minimum atomic E-state index is -0.0700. The second-order valence-electron chi connectivity index (χ2n) is 4.87. The fourth-order valence-corrected chi connectivity index (χ4v) is 2.25. The number of halogens is 2. The summed E-state index contributed by atoms with van der Waals surface area (Å²) >= 11 is 11.9. The normalized spacial score (nSPS) is 12.2. The zero-order chi connectivity index (χ0) is 14.7. The van der Waals surface area contributed by atoms with Gasteiger partial charge in [0.1, 0.15) is 12.4 Å². The molecule has 2 nitrogen and oxygen atoms in total. The largest absolute Gasteiger partial charge is 0.489 e. The lowest BCUT2D eigenvalue weighted by molar-refractivity contribution is 0.301. The highest BCUT2D eigenvalue weighted by Gasteiger charge is 2.09. The second-order valence-corrected chi connectivity index (χ2v) is 5.68. The van der Waals surface area contributed by atoms with Gasteiger partial charge in [-0.05, 0) is 43.2 Å². The summed E-state index contributed by atoms with van der Waals surface area (Å²) < 4.78 is 5.88. The first kappa shape index (κ1) is 15.2. The van der Waals surface area contributed by atoms with Gasteiger partial charge in [-0.1, -0.05) is 41.4 Å². The van der Waals surface area contributed by atoms with Gasteiger partial charge in [0.2, 0.25) is 0 Å². The summed E-state index contributed by atoms with van der Waals surface area (Å²) in [6.07, 6.45) is 0. The summed E-state index contributed by atoms with van der Waals surface area (Å²) in [5.74, 6) is 0.811. The van der Waals surface area contributed by atoms with Crippen LogP contribution in [0.2, 0.25) is 10.0 Å². The van der Waals surface area contributed by atoms with Crippen LogP contribution in [0.5, 0.6) is 5.75 Å². The summed E-state index contributed by atoms with van der Waals surface area (Å²) in [6.45, 7) is 4.40. The van der Waals surface area contributed by atoms with E-state index in [1.807, 2.05) is 44.2 Å². The number of benzene rings is 2. The average Bonchev–Trinajstić information content (AvgIpc) is 2.40. The van der Waals surface area contributed by atoms with E-state index in [0.29, 0.717) is 16.7 Å². The van der Waals surface area contributed by atoms with E-state index in [1.165, 1.54) is 0 Å². The summed E-state index contributed by atoms with van der Waals surface area (Å²) in [4.78, 5) is 0. The Labute approximate surface area is 129 Å². The first-order valence-electron chi connectivity index (χ1n) is 6.40. The van der Waals surface area contributed by atoms with E-state index in [0.717, 1.165) is 22.4 Å². The van der Waals surface area contributed by atoms with Gasteiger partial charge in [-0.2, -0.15) is 0 Å². The quantitative estimate of drug-likeness (QED) is 0.871. The maximum Gasteiger partial charge on any atom is 0.124 e. The zero-order valence-electron chi connectivity index (χ0n) is 11.5. The first-order chi connectivity index (χ1) is 9.47. The third-order valence-corrected chi connectivity index (χ3v) is 3.78. The van der Waals surface area contributed by atoms with Crippen LogP contribution in [0.15, 0.2) is 36.4 Å². The molecule has 4 heteroatoms. The topological polar surface area (TPSA) is 35.2 Å². The molecule has 2 rings (SSSR count). The summed E-state index contributed by atoms with van der Waals surface area (Å²) in [5, 5.41) is 1.08. The lowest BCUT2D eigenvalue weighted by Crippen LogP contribution is -2.08. The lowest BCUT2D eigenvalue weighted by Gasteiger charge is -2.15. The highest BCUT2D eigenvalue weighted by molar-refractivity contribution is 6.42. The minimum Gasteiger partial charge on any atom is -0.489 e. The smallest absolute Gasteiger partial charge is 0.124 e. The molecule has 0 aliphatic rings. The Morgan fingerprint density at radius 2 is 1.85 bits per heavy atom. The Bertz CT molecular complexity index is 611. The molecule has 0 unspecified atom stereocenters. The third kappa shape index (κ3) is 3.66. The molecule has 0 fully saturated rings. The Morgan fingerprint density at radius 1 is 1.10 bits per heavy atom. The highest BCUT2D eigenvalue weighted by atomic mass is 35.5. The molecule has 0 aliphatic heterocycles. The second kappa shape index (κ2) is 6.49. The predicted octanol–water partition coefficient (Wildman–Crippen LogP) is 4.90. The Morgan fingerprint density at radius 3 is 2.50 bits per heavy atom. The Balaban J connectivity index is 2.17. The number of hydrogen-bond donors (Lipinski definition) is 1. The first-order valence-corrected chi connectivity index (χ1v) is 7.16. The molecule has 0 saturated carbocycles. The Hall–Kier alpha value is -1.22. The maximum atomic E-state index is 6.00. The van der Waals surface area contributed by atoms with Gasteiger partial charge < -0.3 is 10.5 Å². The molecule has 0 saturated heterocycles. The molecule has 2 aromatic rings. The molecule has 2 N–H and O–H groups in total. The van der Waals surface area contributed by atoms with Crippen LogP contribution in [0.1, 0.15) is 29.7 Å². The van der Waals surface area contributed by atoms with Gasteiger partial charge in [-0.15, -0.1) is 0 Å². The standard InChI is InChI=1S/C16H17Cl2NO/c1-10-3-5-13(11(2)19)16(7-10)20-9-12-4-6-14(17)15(18)8-12/h3-8,11H,9,19H2,1-2H3/t11-/m1/s1. The molecular formula is C16H17Cl2NO.